The average Bonchev–Trinajstić information content (AvgIpc) is 3.22. The third kappa shape index (κ3) is 40.3. The Morgan fingerprint density at radius 3 is 1.45 bits per heavy atom. The number of amides is 1. The number of allylic oxidation sites excluding steroid dienone is 10. The summed E-state index contributed by atoms with van der Waals surface area (Å²) in [7, 11) is 0. The highest BCUT2D eigenvalue weighted by molar-refractivity contribution is 5.77. The summed E-state index contributed by atoms with van der Waals surface area (Å²) < 4.78 is 5.90. The summed E-state index contributed by atoms with van der Waals surface area (Å²) >= 11 is 0. The number of nitrogens with one attached hydrogen (secondary N) is 1. The van der Waals surface area contributed by atoms with Gasteiger partial charge in [0.1, 0.15) is 6.10 Å². The second kappa shape index (κ2) is 45.6. The van der Waals surface area contributed by atoms with E-state index in [9.17, 15) is 19.8 Å². The van der Waals surface area contributed by atoms with Gasteiger partial charge in [0.15, 0.2) is 0 Å². The van der Waals surface area contributed by atoms with Crippen molar-refractivity contribution in [3.05, 3.63) is 60.8 Å². The highest BCUT2D eigenvalue weighted by Crippen LogP contribution is 2.17. The second-order valence-electron chi connectivity index (χ2n) is 16.6. The summed E-state index contributed by atoms with van der Waals surface area (Å²) in [6.45, 7) is 6.30. The number of carbonyl (C=O) groups is 2. The van der Waals surface area contributed by atoms with Gasteiger partial charge in [-0.1, -0.05) is 210 Å². The Labute approximate surface area is 358 Å². The fourth-order valence-corrected chi connectivity index (χ4v) is 7.19. The van der Waals surface area contributed by atoms with Gasteiger partial charge < -0.3 is 20.3 Å². The van der Waals surface area contributed by atoms with Crippen LogP contribution < -0.4 is 5.32 Å². The van der Waals surface area contributed by atoms with Gasteiger partial charge in [0.2, 0.25) is 5.91 Å². The molecule has 3 atom stereocenters. The maximum absolute atomic E-state index is 13.2. The van der Waals surface area contributed by atoms with E-state index in [4.69, 9.17) is 4.74 Å². The van der Waals surface area contributed by atoms with Gasteiger partial charge in [-0.3, -0.25) is 9.59 Å². The first-order valence-electron chi connectivity index (χ1n) is 24.6. The van der Waals surface area contributed by atoms with E-state index < -0.39 is 18.2 Å². The van der Waals surface area contributed by atoms with Gasteiger partial charge in [-0.15, -0.1) is 0 Å². The van der Waals surface area contributed by atoms with Crippen LogP contribution in [0.1, 0.15) is 233 Å². The third-order valence-electron chi connectivity index (χ3n) is 10.9. The third-order valence-corrected chi connectivity index (χ3v) is 10.9. The van der Waals surface area contributed by atoms with Crippen LogP contribution in [0, 0.1) is 0 Å². The number of esters is 1. The fourth-order valence-electron chi connectivity index (χ4n) is 7.19. The molecule has 0 aliphatic rings. The maximum atomic E-state index is 13.2. The molecular formula is C52H93NO5. The Balaban J connectivity index is 4.64. The van der Waals surface area contributed by atoms with Gasteiger partial charge in [-0.25, -0.2) is 0 Å². The summed E-state index contributed by atoms with van der Waals surface area (Å²) in [5.74, 6) is -0.519. The molecule has 3 N–H and O–H groups in total. The number of hydrogen-bond acceptors (Lipinski definition) is 5. The topological polar surface area (TPSA) is 95.9 Å². The van der Waals surface area contributed by atoms with Crippen LogP contribution >= 0.6 is 0 Å². The first-order chi connectivity index (χ1) is 28.5. The number of unbranched alkanes of at least 4 members (excludes halogenated alkanes) is 24. The molecule has 0 radical (unpaired) electrons. The van der Waals surface area contributed by atoms with Crippen molar-refractivity contribution in [2.24, 2.45) is 0 Å². The van der Waals surface area contributed by atoms with Crippen molar-refractivity contribution in [3.63, 3.8) is 0 Å². The van der Waals surface area contributed by atoms with Crippen molar-refractivity contribution in [1.82, 2.24) is 5.32 Å². The van der Waals surface area contributed by atoms with Crippen molar-refractivity contribution < 1.29 is 24.5 Å². The van der Waals surface area contributed by atoms with E-state index in [0.717, 1.165) is 103 Å². The molecule has 6 heteroatoms. The summed E-state index contributed by atoms with van der Waals surface area (Å²) in [6.07, 6.45) is 55.6. The van der Waals surface area contributed by atoms with Gasteiger partial charge in [-0.2, -0.15) is 0 Å². The average molecular weight is 812 g/mol. The molecule has 0 aliphatic carbocycles. The van der Waals surface area contributed by atoms with E-state index in [2.05, 4.69) is 86.8 Å². The second-order valence-corrected chi connectivity index (χ2v) is 16.6. The maximum Gasteiger partial charge on any atom is 0.306 e. The van der Waals surface area contributed by atoms with Crippen LogP contribution in [0.4, 0.5) is 0 Å². The summed E-state index contributed by atoms with van der Waals surface area (Å²) in [4.78, 5) is 26.1. The minimum absolute atomic E-state index is 0.0542. The van der Waals surface area contributed by atoms with Crippen LogP contribution in [0.25, 0.3) is 0 Å². The smallest absolute Gasteiger partial charge is 0.306 e. The zero-order chi connectivity index (χ0) is 42.4. The van der Waals surface area contributed by atoms with Crippen molar-refractivity contribution in [2.75, 3.05) is 6.61 Å². The highest BCUT2D eigenvalue weighted by Gasteiger charge is 2.24. The van der Waals surface area contributed by atoms with E-state index in [0.29, 0.717) is 19.3 Å². The lowest BCUT2D eigenvalue weighted by Crippen LogP contribution is -2.46. The van der Waals surface area contributed by atoms with Crippen molar-refractivity contribution in [1.29, 1.82) is 0 Å². The summed E-state index contributed by atoms with van der Waals surface area (Å²) in [5.41, 5.74) is 0. The van der Waals surface area contributed by atoms with Gasteiger partial charge >= 0.3 is 5.97 Å². The number of carbonyl (C=O) groups excluding carboxylic acids is 2. The summed E-state index contributed by atoms with van der Waals surface area (Å²) in [5, 5.41) is 23.7. The zero-order valence-electron chi connectivity index (χ0n) is 38.2. The van der Waals surface area contributed by atoms with Gasteiger partial charge in [0.25, 0.3) is 0 Å². The van der Waals surface area contributed by atoms with Crippen LogP contribution in [0.15, 0.2) is 60.8 Å². The highest BCUT2D eigenvalue weighted by atomic mass is 16.5. The molecule has 336 valence electrons. The van der Waals surface area contributed by atoms with E-state index in [-0.39, 0.29) is 24.9 Å². The SMILES string of the molecule is CC/C=C/C=C/C=C\CCCCCCCC(=O)OC(CCCCCC/C=C/C=C/CCCCC)CC(=O)NC(CO)C(O)CCCCCCCCCCCCCCC. The van der Waals surface area contributed by atoms with Gasteiger partial charge in [-0.05, 0) is 70.6 Å². The first kappa shape index (κ1) is 55.6. The van der Waals surface area contributed by atoms with Crippen LogP contribution in [-0.2, 0) is 14.3 Å². The monoisotopic (exact) mass is 812 g/mol. The first-order valence-corrected chi connectivity index (χ1v) is 24.6. The number of rotatable bonds is 43. The van der Waals surface area contributed by atoms with Gasteiger partial charge in [0.05, 0.1) is 25.2 Å². The number of ether oxygens (including phenoxy) is 1. The Hall–Kier alpha value is -2.44. The van der Waals surface area contributed by atoms with Crippen LogP contribution in [0.5, 0.6) is 0 Å². The fraction of sp³-hybridized carbons (Fsp3) is 0.769. The molecule has 0 aromatic carbocycles. The number of aliphatic hydroxyl groups excluding tert-OH is 2. The molecule has 0 aromatic heterocycles. The van der Waals surface area contributed by atoms with Crippen molar-refractivity contribution in [3.8, 4) is 0 Å². The molecule has 0 saturated heterocycles. The molecule has 3 unspecified atom stereocenters. The van der Waals surface area contributed by atoms with E-state index in [1.807, 2.05) is 0 Å². The minimum Gasteiger partial charge on any atom is -0.462 e. The van der Waals surface area contributed by atoms with E-state index in [1.54, 1.807) is 0 Å². The Morgan fingerprint density at radius 2 is 0.931 bits per heavy atom. The molecule has 0 fully saturated rings. The Kier molecular flexibility index (Phi) is 43.7. The Morgan fingerprint density at radius 1 is 0.517 bits per heavy atom. The molecule has 0 aromatic rings. The largest absolute Gasteiger partial charge is 0.462 e. The van der Waals surface area contributed by atoms with Crippen molar-refractivity contribution in [2.45, 2.75) is 251 Å². The van der Waals surface area contributed by atoms with Crippen LogP contribution in [0.2, 0.25) is 0 Å². The zero-order valence-corrected chi connectivity index (χ0v) is 38.2. The molecule has 6 nitrogen and oxygen atoms in total. The normalized spacial score (nSPS) is 13.8. The van der Waals surface area contributed by atoms with Crippen LogP contribution in [-0.4, -0.2) is 46.9 Å². The molecular weight excluding hydrogens is 719 g/mol. The van der Waals surface area contributed by atoms with Gasteiger partial charge in [0, 0.05) is 6.42 Å². The lowest BCUT2D eigenvalue weighted by molar-refractivity contribution is -0.151. The predicted molar refractivity (Wildman–Crippen MR) is 250 cm³/mol. The molecule has 0 rings (SSSR count). The standard InChI is InChI=1S/C52H93NO5/c1-4-7-10-13-16-19-22-25-28-31-34-37-40-43-48(58-52(57)45-42-39-36-33-30-27-24-21-18-15-12-9-6-3)46-51(56)53-49(47-54)50(55)44-41-38-35-32-29-26-23-20-17-14-11-8-5-2/h9,12,15-16,18-19,21-22,24-25,48-50,54-55H,4-8,10-11,13-14,17,20,23,26-47H2,1-3H3,(H,53,56)/b12-9+,18-15+,19-16+,24-21-,25-22+. The predicted octanol–water partition coefficient (Wildman–Crippen LogP) is 14.5. The lowest BCUT2D eigenvalue weighted by atomic mass is 10.0. The van der Waals surface area contributed by atoms with E-state index in [1.165, 1.54) is 83.5 Å². The van der Waals surface area contributed by atoms with Crippen molar-refractivity contribution >= 4 is 11.9 Å². The molecule has 0 aliphatic heterocycles. The molecule has 0 spiro atoms. The number of aliphatic hydroxyl groups is 2. The summed E-state index contributed by atoms with van der Waals surface area (Å²) in [6, 6.07) is -0.713. The van der Waals surface area contributed by atoms with Crippen LogP contribution in [0.3, 0.4) is 0 Å². The molecule has 58 heavy (non-hydrogen) atoms. The molecule has 0 saturated carbocycles. The quantitative estimate of drug-likeness (QED) is 0.0324. The lowest BCUT2D eigenvalue weighted by Gasteiger charge is -2.24. The Bertz CT molecular complexity index is 1050. The molecule has 0 heterocycles. The van der Waals surface area contributed by atoms with E-state index >= 15 is 0 Å². The molecule has 1 amide bonds. The molecule has 0 bridgehead atoms. The minimum atomic E-state index is -0.797. The number of hydrogen-bond donors (Lipinski definition) is 3.